The van der Waals surface area contributed by atoms with E-state index in [4.69, 9.17) is 10.5 Å². The van der Waals surface area contributed by atoms with Gasteiger partial charge in [0.2, 0.25) is 5.91 Å². The van der Waals surface area contributed by atoms with Crippen molar-refractivity contribution in [2.75, 3.05) is 18.9 Å². The molecule has 2 saturated heterocycles. The Kier molecular flexibility index (Phi) is 6.29. The molecule has 8 nitrogen and oxygen atoms in total. The molecular weight excluding hydrogens is 444 g/mol. The zero-order valence-corrected chi connectivity index (χ0v) is 19.1. The van der Waals surface area contributed by atoms with E-state index in [0.717, 1.165) is 16.8 Å². The van der Waals surface area contributed by atoms with E-state index >= 15 is 0 Å². The number of ether oxygens (including phenoxy) is 1. The fourth-order valence-electron chi connectivity index (χ4n) is 4.68. The molecule has 2 fully saturated rings. The van der Waals surface area contributed by atoms with Crippen LogP contribution in [0.25, 0.3) is 11.3 Å². The average molecular weight is 471 g/mol. The van der Waals surface area contributed by atoms with Crippen molar-refractivity contribution < 1.29 is 19.1 Å². The summed E-state index contributed by atoms with van der Waals surface area (Å²) >= 11 is 0. The van der Waals surface area contributed by atoms with E-state index in [1.807, 2.05) is 42.5 Å². The second-order valence-electron chi connectivity index (χ2n) is 8.85. The Bertz CT molecular complexity index is 1230. The second kappa shape index (κ2) is 9.68. The Morgan fingerprint density at radius 1 is 1.09 bits per heavy atom. The largest absolute Gasteiger partial charge is 0.399 e. The van der Waals surface area contributed by atoms with E-state index in [1.54, 1.807) is 29.2 Å². The first-order valence-corrected chi connectivity index (χ1v) is 11.6. The van der Waals surface area contributed by atoms with Gasteiger partial charge in [-0.05, 0) is 36.2 Å². The van der Waals surface area contributed by atoms with Crippen LogP contribution in [0.3, 0.4) is 0 Å². The van der Waals surface area contributed by atoms with E-state index in [-0.39, 0.29) is 30.8 Å². The number of benzene rings is 2. The third-order valence-corrected chi connectivity index (χ3v) is 6.51. The van der Waals surface area contributed by atoms with E-state index < -0.39 is 18.0 Å². The number of fused-ring (bicyclic) bond motifs is 1. The van der Waals surface area contributed by atoms with Gasteiger partial charge in [0.15, 0.2) is 5.78 Å². The van der Waals surface area contributed by atoms with Gasteiger partial charge in [-0.1, -0.05) is 42.5 Å². The Balaban J connectivity index is 1.36. The molecule has 0 spiro atoms. The van der Waals surface area contributed by atoms with Gasteiger partial charge in [-0.15, -0.1) is 0 Å². The number of ketones is 1. The summed E-state index contributed by atoms with van der Waals surface area (Å²) < 4.78 is 5.53. The van der Waals surface area contributed by atoms with Crippen LogP contribution in [0.1, 0.15) is 22.3 Å². The first-order chi connectivity index (χ1) is 17.0. The van der Waals surface area contributed by atoms with Crippen molar-refractivity contribution in [1.29, 1.82) is 0 Å². The smallest absolute Gasteiger partial charge is 0.253 e. The first kappa shape index (κ1) is 22.7. The van der Waals surface area contributed by atoms with E-state index in [9.17, 15) is 14.4 Å². The number of carbonyl (C=O) groups excluding carboxylic acids is 3. The minimum Gasteiger partial charge on any atom is -0.399 e. The molecule has 2 aromatic carbocycles. The molecule has 3 unspecified atom stereocenters. The van der Waals surface area contributed by atoms with Gasteiger partial charge in [-0.3, -0.25) is 19.4 Å². The van der Waals surface area contributed by atoms with Crippen LogP contribution < -0.4 is 11.1 Å². The molecule has 3 atom stereocenters. The molecule has 5 rings (SSSR count). The summed E-state index contributed by atoms with van der Waals surface area (Å²) in [6, 6.07) is 18.9. The number of carbonyl (C=O) groups is 3. The standard InChI is InChI=1S/C27H26N4O4/c28-20-9-6-17(7-10-20)14-22(27(34)31-13-12-24-25(31)23(32)16-35-24)30-26(33)19-8-11-21(29-15-19)18-4-2-1-3-5-18/h1-11,15,22,24-25H,12-14,16,28H2,(H,30,33). The first-order valence-electron chi connectivity index (χ1n) is 11.6. The third kappa shape index (κ3) is 4.79. The lowest BCUT2D eigenvalue weighted by Crippen LogP contribution is -2.53. The lowest BCUT2D eigenvalue weighted by Gasteiger charge is -2.27. The number of Topliss-reactive ketones (excluding diaryl/α,β-unsaturated/α-hetero) is 1. The highest BCUT2D eigenvalue weighted by Gasteiger charge is 2.48. The van der Waals surface area contributed by atoms with Crippen molar-refractivity contribution in [2.45, 2.75) is 31.0 Å². The molecule has 0 bridgehead atoms. The van der Waals surface area contributed by atoms with Gasteiger partial charge < -0.3 is 20.7 Å². The van der Waals surface area contributed by atoms with E-state index in [0.29, 0.717) is 24.2 Å². The molecule has 3 N–H and O–H groups in total. The van der Waals surface area contributed by atoms with Crippen LogP contribution in [-0.4, -0.2) is 58.8 Å². The van der Waals surface area contributed by atoms with Crippen LogP contribution in [0.15, 0.2) is 72.9 Å². The summed E-state index contributed by atoms with van der Waals surface area (Å²) in [5.41, 5.74) is 9.30. The minimum absolute atomic E-state index is 0.0214. The third-order valence-electron chi connectivity index (χ3n) is 6.51. The number of amides is 2. The van der Waals surface area contributed by atoms with Crippen molar-refractivity contribution in [2.24, 2.45) is 0 Å². The van der Waals surface area contributed by atoms with E-state index in [1.165, 1.54) is 6.20 Å². The van der Waals surface area contributed by atoms with Gasteiger partial charge in [0.1, 0.15) is 18.7 Å². The summed E-state index contributed by atoms with van der Waals surface area (Å²) in [6.45, 7) is 0.439. The lowest BCUT2D eigenvalue weighted by atomic mass is 10.0. The molecule has 2 amide bonds. The summed E-state index contributed by atoms with van der Waals surface area (Å²) in [4.78, 5) is 45.0. The predicted molar refractivity (Wildman–Crippen MR) is 130 cm³/mol. The average Bonchev–Trinajstić information content (AvgIpc) is 3.48. The molecule has 0 aliphatic carbocycles. The molecule has 0 saturated carbocycles. The molecule has 1 aromatic heterocycles. The Morgan fingerprint density at radius 2 is 1.86 bits per heavy atom. The second-order valence-corrected chi connectivity index (χ2v) is 8.85. The summed E-state index contributed by atoms with van der Waals surface area (Å²) in [6.07, 6.45) is 2.11. The summed E-state index contributed by atoms with van der Waals surface area (Å²) in [5, 5.41) is 2.87. The lowest BCUT2D eigenvalue weighted by molar-refractivity contribution is -0.138. The maximum Gasteiger partial charge on any atom is 0.253 e. The predicted octanol–water partition coefficient (Wildman–Crippen LogP) is 2.24. The molecule has 0 radical (unpaired) electrons. The summed E-state index contributed by atoms with van der Waals surface area (Å²) in [5.74, 6) is -0.801. The van der Waals surface area contributed by atoms with Gasteiger partial charge in [0.25, 0.3) is 5.91 Å². The zero-order valence-electron chi connectivity index (χ0n) is 19.1. The number of hydrogen-bond acceptors (Lipinski definition) is 6. The van der Waals surface area contributed by atoms with Crippen molar-refractivity contribution >= 4 is 23.3 Å². The van der Waals surface area contributed by atoms with Crippen LogP contribution in [0.4, 0.5) is 5.69 Å². The maximum atomic E-state index is 13.6. The fraction of sp³-hybridized carbons (Fsp3) is 0.259. The number of hydrogen-bond donors (Lipinski definition) is 2. The van der Waals surface area contributed by atoms with Crippen LogP contribution >= 0.6 is 0 Å². The Hall–Kier alpha value is -4.04. The number of pyridine rings is 1. The van der Waals surface area contributed by atoms with Gasteiger partial charge in [-0.2, -0.15) is 0 Å². The van der Waals surface area contributed by atoms with Crippen molar-refractivity contribution in [3.63, 3.8) is 0 Å². The van der Waals surface area contributed by atoms with Crippen molar-refractivity contribution in [1.82, 2.24) is 15.2 Å². The molecule has 2 aliphatic rings. The highest BCUT2D eigenvalue weighted by molar-refractivity contribution is 5.99. The topological polar surface area (TPSA) is 115 Å². The number of nitrogens with two attached hydrogens (primary N) is 1. The highest BCUT2D eigenvalue weighted by Crippen LogP contribution is 2.28. The molecule has 3 heterocycles. The van der Waals surface area contributed by atoms with Crippen LogP contribution in [0, 0.1) is 0 Å². The molecule has 3 aromatic rings. The molecule has 35 heavy (non-hydrogen) atoms. The summed E-state index contributed by atoms with van der Waals surface area (Å²) in [7, 11) is 0. The molecular formula is C27H26N4O4. The van der Waals surface area contributed by atoms with Crippen LogP contribution in [-0.2, 0) is 20.7 Å². The highest BCUT2D eigenvalue weighted by atomic mass is 16.5. The molecule has 8 heteroatoms. The number of nitrogens with zero attached hydrogens (tertiary/aromatic N) is 2. The number of likely N-dealkylation sites (tertiary alicyclic amines) is 1. The number of nitrogens with one attached hydrogen (secondary N) is 1. The Morgan fingerprint density at radius 3 is 2.57 bits per heavy atom. The minimum atomic E-state index is -0.855. The zero-order chi connectivity index (χ0) is 24.4. The van der Waals surface area contributed by atoms with Gasteiger partial charge in [0.05, 0.1) is 17.4 Å². The van der Waals surface area contributed by atoms with E-state index in [2.05, 4.69) is 10.3 Å². The fourth-order valence-corrected chi connectivity index (χ4v) is 4.68. The number of nitrogen functional groups attached to an aromatic ring is 1. The molecule has 178 valence electrons. The number of anilines is 1. The quantitative estimate of drug-likeness (QED) is 0.534. The van der Waals surface area contributed by atoms with Gasteiger partial charge in [-0.25, -0.2) is 0 Å². The number of rotatable bonds is 6. The molecule has 2 aliphatic heterocycles. The van der Waals surface area contributed by atoms with Crippen LogP contribution in [0.2, 0.25) is 0 Å². The maximum absolute atomic E-state index is 13.6. The normalized spacial score (nSPS) is 19.9. The SMILES string of the molecule is Nc1ccc(CC(NC(=O)c2ccc(-c3ccccc3)nc2)C(=O)N2CCC3OCC(=O)C32)cc1. The van der Waals surface area contributed by atoms with Crippen molar-refractivity contribution in [3.8, 4) is 11.3 Å². The van der Waals surface area contributed by atoms with Gasteiger partial charge in [0, 0.05) is 30.4 Å². The van der Waals surface area contributed by atoms with Gasteiger partial charge >= 0.3 is 0 Å². The monoisotopic (exact) mass is 470 g/mol. The number of aromatic nitrogens is 1. The van der Waals surface area contributed by atoms with Crippen molar-refractivity contribution in [3.05, 3.63) is 84.1 Å². The Labute approximate surface area is 203 Å². The van der Waals surface area contributed by atoms with Crippen LogP contribution in [0.5, 0.6) is 0 Å².